The maximum absolute atomic E-state index is 12.4. The van der Waals surface area contributed by atoms with Crippen LogP contribution in [-0.4, -0.2) is 26.4 Å². The Kier molecular flexibility index (Phi) is 5.60. The van der Waals surface area contributed by atoms with Gasteiger partial charge in [0.15, 0.2) is 11.3 Å². The highest BCUT2D eigenvalue weighted by molar-refractivity contribution is 6.01. The number of ether oxygens (including phenoxy) is 1. The van der Waals surface area contributed by atoms with Crippen molar-refractivity contribution in [2.75, 3.05) is 5.32 Å². The second kappa shape index (κ2) is 9.03. The highest BCUT2D eigenvalue weighted by Gasteiger charge is 2.22. The fraction of sp³-hybridized carbons (Fsp3) is 0. The molecule has 0 saturated carbocycles. The first-order chi connectivity index (χ1) is 17.0. The van der Waals surface area contributed by atoms with Crippen LogP contribution in [0.4, 0.5) is 5.69 Å². The fourth-order valence-corrected chi connectivity index (χ4v) is 3.82. The molecule has 5 rings (SSSR count). The summed E-state index contributed by atoms with van der Waals surface area (Å²) in [4.78, 5) is 28.8. The van der Waals surface area contributed by atoms with Crippen molar-refractivity contribution < 1.29 is 14.3 Å². The number of fused-ring (bicyclic) bond motifs is 1. The van der Waals surface area contributed by atoms with Gasteiger partial charge in [0.05, 0.1) is 0 Å². The molecule has 0 atom stereocenters. The number of carbonyl (C=O) groups excluding carboxylic acids is 2. The first kappa shape index (κ1) is 21.7. The van der Waals surface area contributed by atoms with Crippen molar-refractivity contribution in [3.8, 4) is 33.9 Å². The molecule has 0 aliphatic rings. The molecule has 0 aliphatic carbocycles. The third-order valence-corrected chi connectivity index (χ3v) is 5.42. The van der Waals surface area contributed by atoms with Gasteiger partial charge in [-0.05, 0) is 60.2 Å². The number of nitrogens with zero attached hydrogens (tertiary/aromatic N) is 2. The van der Waals surface area contributed by atoms with E-state index >= 15 is 0 Å². The summed E-state index contributed by atoms with van der Waals surface area (Å²) >= 11 is 0. The number of hydrogen-bond donors (Lipinski definition) is 3. The molecule has 5 aromatic rings. The number of anilines is 1. The fourth-order valence-electron chi connectivity index (χ4n) is 3.82. The molecule has 2 aromatic heterocycles. The minimum atomic E-state index is -0.613. The molecule has 3 aromatic carbocycles. The Labute approximate surface area is 200 Å². The highest BCUT2D eigenvalue weighted by atomic mass is 16.5. The number of carbonyl (C=O) groups is 2. The molecule has 4 N–H and O–H groups in total. The van der Waals surface area contributed by atoms with Crippen LogP contribution in [0.1, 0.15) is 10.5 Å². The first-order valence-electron chi connectivity index (χ1n) is 10.8. The van der Waals surface area contributed by atoms with Gasteiger partial charge in [-0.1, -0.05) is 36.9 Å². The van der Waals surface area contributed by atoms with Crippen LogP contribution in [0.3, 0.4) is 0 Å². The van der Waals surface area contributed by atoms with Gasteiger partial charge in [0.2, 0.25) is 5.91 Å². The van der Waals surface area contributed by atoms with Crippen LogP contribution in [0, 0.1) is 0 Å². The van der Waals surface area contributed by atoms with Crippen molar-refractivity contribution in [1.82, 2.24) is 14.6 Å². The van der Waals surface area contributed by atoms with E-state index < -0.39 is 5.91 Å². The summed E-state index contributed by atoms with van der Waals surface area (Å²) in [5, 5.41) is 5.81. The van der Waals surface area contributed by atoms with Crippen molar-refractivity contribution in [2.24, 2.45) is 5.73 Å². The van der Waals surface area contributed by atoms with Crippen molar-refractivity contribution in [2.45, 2.75) is 0 Å². The molecule has 8 nitrogen and oxygen atoms in total. The van der Waals surface area contributed by atoms with E-state index in [1.807, 2.05) is 72.8 Å². The number of aromatic nitrogens is 3. The quantitative estimate of drug-likeness (QED) is 0.294. The summed E-state index contributed by atoms with van der Waals surface area (Å²) in [6.07, 6.45) is 2.95. The predicted octanol–water partition coefficient (Wildman–Crippen LogP) is 5.01. The van der Waals surface area contributed by atoms with Crippen LogP contribution in [0.2, 0.25) is 0 Å². The van der Waals surface area contributed by atoms with Gasteiger partial charge in [-0.3, -0.25) is 14.7 Å². The first-order valence-corrected chi connectivity index (χ1v) is 10.8. The molecular formula is C27H21N5O3. The van der Waals surface area contributed by atoms with E-state index in [2.05, 4.69) is 17.0 Å². The summed E-state index contributed by atoms with van der Waals surface area (Å²) in [5.74, 6) is 0.464. The molecule has 0 unspecified atom stereocenters. The van der Waals surface area contributed by atoms with Crippen LogP contribution in [0.25, 0.3) is 28.0 Å². The number of aromatic amines is 1. The van der Waals surface area contributed by atoms with Crippen LogP contribution in [-0.2, 0) is 4.79 Å². The Balaban J connectivity index is 1.52. The number of primary amides is 1. The standard InChI is InChI=1S/C27H21N5O3/c1-2-23(33)30-19-8-6-7-18(15-19)22-16-29-32-25(26(28)34)24(31-27(22)32)17-11-13-21(14-12-17)35-20-9-4-3-5-10-20/h2-16,29H,1H2,(H2,28,34)(H,30,33). The van der Waals surface area contributed by atoms with Gasteiger partial charge in [-0.2, -0.15) is 0 Å². The molecule has 35 heavy (non-hydrogen) atoms. The smallest absolute Gasteiger partial charge is 0.269 e. The van der Waals surface area contributed by atoms with Gasteiger partial charge < -0.3 is 15.8 Å². The molecule has 0 bridgehead atoms. The number of rotatable bonds is 7. The number of amides is 2. The second-order valence-electron chi connectivity index (χ2n) is 7.73. The predicted molar refractivity (Wildman–Crippen MR) is 134 cm³/mol. The molecule has 0 saturated heterocycles. The Bertz CT molecular complexity index is 1550. The summed E-state index contributed by atoms with van der Waals surface area (Å²) < 4.78 is 7.42. The number of benzene rings is 3. The lowest BCUT2D eigenvalue weighted by Gasteiger charge is -2.06. The summed E-state index contributed by atoms with van der Waals surface area (Å²) in [6.45, 7) is 3.47. The summed E-state index contributed by atoms with van der Waals surface area (Å²) in [6, 6.07) is 24.1. The van der Waals surface area contributed by atoms with Gasteiger partial charge in [0.1, 0.15) is 17.2 Å². The second-order valence-corrected chi connectivity index (χ2v) is 7.73. The number of nitrogens with one attached hydrogen (secondary N) is 2. The average Bonchev–Trinajstić information content (AvgIpc) is 3.44. The lowest BCUT2D eigenvalue weighted by Crippen LogP contribution is -2.15. The van der Waals surface area contributed by atoms with E-state index in [1.165, 1.54) is 6.08 Å². The molecule has 0 radical (unpaired) electrons. The molecule has 0 spiro atoms. The normalized spacial score (nSPS) is 10.7. The van der Waals surface area contributed by atoms with Gasteiger partial charge in [-0.25, -0.2) is 9.50 Å². The largest absolute Gasteiger partial charge is 0.457 e. The van der Waals surface area contributed by atoms with Crippen molar-refractivity contribution in [3.05, 3.63) is 103 Å². The maximum Gasteiger partial charge on any atom is 0.269 e. The Morgan fingerprint density at radius 2 is 1.71 bits per heavy atom. The minimum Gasteiger partial charge on any atom is -0.457 e. The molecular weight excluding hydrogens is 442 g/mol. The molecule has 2 amide bonds. The molecule has 0 fully saturated rings. The summed E-state index contributed by atoms with van der Waals surface area (Å²) in [7, 11) is 0. The average molecular weight is 463 g/mol. The van der Waals surface area contributed by atoms with E-state index in [4.69, 9.17) is 15.5 Å². The zero-order chi connectivity index (χ0) is 24.4. The third kappa shape index (κ3) is 4.28. The van der Waals surface area contributed by atoms with Crippen LogP contribution >= 0.6 is 0 Å². The topological polar surface area (TPSA) is 115 Å². The Hall–Kier alpha value is -5.11. The van der Waals surface area contributed by atoms with Gasteiger partial charge >= 0.3 is 0 Å². The van der Waals surface area contributed by atoms with E-state index in [1.54, 1.807) is 16.8 Å². The Morgan fingerprint density at radius 1 is 0.971 bits per heavy atom. The minimum absolute atomic E-state index is 0.235. The number of para-hydroxylation sites is 1. The number of nitrogens with two attached hydrogens (primary N) is 1. The maximum atomic E-state index is 12.4. The Morgan fingerprint density at radius 3 is 2.43 bits per heavy atom. The van der Waals surface area contributed by atoms with Crippen LogP contribution < -0.4 is 15.8 Å². The van der Waals surface area contributed by atoms with Crippen LogP contribution in [0.15, 0.2) is 97.7 Å². The zero-order valence-corrected chi connectivity index (χ0v) is 18.6. The SMILES string of the molecule is C=CC(=O)Nc1cccc(-c2c[nH]n3c(C(N)=O)c(-c4ccc(Oc5ccccc5)cc4)nc23)c1. The molecule has 0 aliphatic heterocycles. The van der Waals surface area contributed by atoms with Gasteiger partial charge in [-0.15, -0.1) is 0 Å². The van der Waals surface area contributed by atoms with Crippen molar-refractivity contribution >= 4 is 23.1 Å². The number of hydrogen-bond acceptors (Lipinski definition) is 4. The third-order valence-electron chi connectivity index (χ3n) is 5.42. The lowest BCUT2D eigenvalue weighted by molar-refractivity contribution is -0.111. The van der Waals surface area contributed by atoms with Gasteiger partial charge in [0, 0.05) is 23.0 Å². The molecule has 2 heterocycles. The van der Waals surface area contributed by atoms with Gasteiger partial charge in [0.25, 0.3) is 5.91 Å². The van der Waals surface area contributed by atoms with E-state index in [9.17, 15) is 9.59 Å². The van der Waals surface area contributed by atoms with Crippen LogP contribution in [0.5, 0.6) is 11.5 Å². The monoisotopic (exact) mass is 463 g/mol. The van der Waals surface area contributed by atoms with E-state index in [0.29, 0.717) is 28.3 Å². The zero-order valence-electron chi connectivity index (χ0n) is 18.6. The number of imidazole rings is 1. The highest BCUT2D eigenvalue weighted by Crippen LogP contribution is 2.32. The molecule has 8 heteroatoms. The summed E-state index contributed by atoms with van der Waals surface area (Å²) in [5.41, 5.74) is 9.84. The van der Waals surface area contributed by atoms with Crippen molar-refractivity contribution in [1.29, 1.82) is 0 Å². The van der Waals surface area contributed by atoms with E-state index in [-0.39, 0.29) is 11.6 Å². The van der Waals surface area contributed by atoms with E-state index in [0.717, 1.165) is 16.9 Å². The number of H-pyrrole nitrogens is 1. The lowest BCUT2D eigenvalue weighted by atomic mass is 10.1. The van der Waals surface area contributed by atoms with Crippen molar-refractivity contribution in [3.63, 3.8) is 0 Å². The molecule has 172 valence electrons.